The van der Waals surface area contributed by atoms with Crippen molar-refractivity contribution < 1.29 is 22.7 Å². The van der Waals surface area contributed by atoms with Gasteiger partial charge in [-0.3, -0.25) is 4.79 Å². The molecule has 0 heterocycles. The van der Waals surface area contributed by atoms with Crippen LogP contribution < -0.4 is 10.4 Å². The number of carbonyl (C=O) groups is 1. The topological polar surface area (TPSA) is 83.9 Å². The second kappa shape index (κ2) is 12.2. The monoisotopic (exact) mass is 551 g/mol. The number of aryl methyl sites for hydroxylation is 1. The molecular weight excluding hydrogens is 514 g/mol. The summed E-state index contributed by atoms with van der Waals surface area (Å²) < 4.78 is 35.7. The predicted molar refractivity (Wildman–Crippen MR) is 155 cm³/mol. The van der Waals surface area contributed by atoms with Crippen LogP contribution in [0.2, 0.25) is 5.04 Å². The van der Waals surface area contributed by atoms with Gasteiger partial charge in [0.25, 0.3) is 8.32 Å². The van der Waals surface area contributed by atoms with E-state index in [0.29, 0.717) is 0 Å². The van der Waals surface area contributed by atoms with Gasteiger partial charge in [-0.2, -0.15) is 4.31 Å². The molecule has 0 spiro atoms. The van der Waals surface area contributed by atoms with Gasteiger partial charge < -0.3 is 9.53 Å². The third kappa shape index (κ3) is 6.32. The molecule has 0 bridgehead atoms. The lowest BCUT2D eigenvalue weighted by Crippen LogP contribution is -2.67. The number of carboxylic acid groups (broad SMARTS) is 1. The molecule has 0 aliphatic carbocycles. The Morgan fingerprint density at radius 1 is 0.974 bits per heavy atom. The smallest absolute Gasteiger partial charge is 0.304 e. The minimum absolute atomic E-state index is 0.0293. The fourth-order valence-electron chi connectivity index (χ4n) is 4.76. The van der Waals surface area contributed by atoms with Crippen molar-refractivity contribution in [2.45, 2.75) is 50.1 Å². The molecule has 3 aromatic carbocycles. The maximum absolute atomic E-state index is 13.8. The molecule has 0 radical (unpaired) electrons. The largest absolute Gasteiger partial charge is 0.481 e. The SMILES string of the molecule is C=C[C@H](CO[Si](c1ccccc1)(c1ccccc1)C(C)(C)C)N(CCC(=O)O)S(=O)(=O)c1ccc(C)cc1. The van der Waals surface area contributed by atoms with Gasteiger partial charge in [-0.25, -0.2) is 8.42 Å². The summed E-state index contributed by atoms with van der Waals surface area (Å²) in [5, 5.41) is 11.2. The van der Waals surface area contributed by atoms with Crippen molar-refractivity contribution >= 4 is 34.7 Å². The molecule has 0 aliphatic rings. The van der Waals surface area contributed by atoms with E-state index in [2.05, 4.69) is 51.6 Å². The molecule has 0 saturated heterocycles. The summed E-state index contributed by atoms with van der Waals surface area (Å²) in [7, 11) is -6.97. The number of carboxylic acids is 1. The van der Waals surface area contributed by atoms with E-state index in [-0.39, 0.29) is 29.5 Å². The van der Waals surface area contributed by atoms with E-state index in [1.54, 1.807) is 24.3 Å². The summed E-state index contributed by atoms with van der Waals surface area (Å²) in [5.74, 6) is -1.08. The minimum Gasteiger partial charge on any atom is -0.481 e. The molecule has 3 rings (SSSR count). The third-order valence-corrected chi connectivity index (χ3v) is 13.6. The molecule has 38 heavy (non-hydrogen) atoms. The van der Waals surface area contributed by atoms with E-state index in [4.69, 9.17) is 4.43 Å². The van der Waals surface area contributed by atoms with Crippen LogP contribution in [0.1, 0.15) is 32.8 Å². The average molecular weight is 552 g/mol. The second-order valence-electron chi connectivity index (χ2n) is 10.3. The molecule has 0 saturated carbocycles. The van der Waals surface area contributed by atoms with Crippen molar-refractivity contribution in [3.63, 3.8) is 0 Å². The van der Waals surface area contributed by atoms with Crippen LogP contribution in [0.5, 0.6) is 0 Å². The zero-order valence-electron chi connectivity index (χ0n) is 22.5. The van der Waals surface area contributed by atoms with Crippen LogP contribution in [-0.2, 0) is 19.2 Å². The van der Waals surface area contributed by atoms with Gasteiger partial charge in [0.05, 0.1) is 24.0 Å². The van der Waals surface area contributed by atoms with Crippen LogP contribution in [0.25, 0.3) is 0 Å². The van der Waals surface area contributed by atoms with Gasteiger partial charge in [-0.15, -0.1) is 6.58 Å². The number of aliphatic carboxylic acids is 1. The van der Waals surface area contributed by atoms with Crippen molar-refractivity contribution in [3.05, 3.63) is 103 Å². The molecule has 0 fully saturated rings. The molecule has 1 N–H and O–H groups in total. The summed E-state index contributed by atoms with van der Waals surface area (Å²) >= 11 is 0. The first-order valence-corrected chi connectivity index (χ1v) is 16.0. The maximum atomic E-state index is 13.8. The molecule has 0 amide bonds. The van der Waals surface area contributed by atoms with Gasteiger partial charge in [0.2, 0.25) is 10.0 Å². The zero-order chi connectivity index (χ0) is 28.0. The van der Waals surface area contributed by atoms with Crippen molar-refractivity contribution in [2.75, 3.05) is 13.2 Å². The lowest BCUT2D eigenvalue weighted by atomic mass is 10.2. The van der Waals surface area contributed by atoms with E-state index in [1.165, 1.54) is 10.4 Å². The molecule has 0 aromatic heterocycles. The number of nitrogens with zero attached hydrogens (tertiary/aromatic N) is 1. The molecule has 6 nitrogen and oxygen atoms in total. The minimum atomic E-state index is -4.02. The van der Waals surface area contributed by atoms with E-state index >= 15 is 0 Å². The molecule has 3 aromatic rings. The van der Waals surface area contributed by atoms with E-state index in [0.717, 1.165) is 15.9 Å². The van der Waals surface area contributed by atoms with Crippen LogP contribution in [0.15, 0.2) is 102 Å². The Balaban J connectivity index is 2.09. The summed E-state index contributed by atoms with van der Waals surface area (Å²) in [6, 6.07) is 25.9. The number of sulfonamides is 1. The van der Waals surface area contributed by atoms with Crippen LogP contribution in [0, 0.1) is 6.92 Å². The molecule has 0 unspecified atom stereocenters. The Morgan fingerprint density at radius 2 is 1.47 bits per heavy atom. The number of rotatable bonds is 12. The quantitative estimate of drug-likeness (QED) is 0.263. The van der Waals surface area contributed by atoms with Crippen molar-refractivity contribution in [3.8, 4) is 0 Å². The Morgan fingerprint density at radius 3 is 1.89 bits per heavy atom. The van der Waals surface area contributed by atoms with Crippen LogP contribution in [0.4, 0.5) is 0 Å². The summed E-state index contributed by atoms with van der Waals surface area (Å²) in [5.41, 5.74) is 0.927. The second-order valence-corrected chi connectivity index (χ2v) is 16.5. The molecule has 1 atom stereocenters. The van der Waals surface area contributed by atoms with Gasteiger partial charge in [0.1, 0.15) is 0 Å². The van der Waals surface area contributed by atoms with Crippen LogP contribution in [0.3, 0.4) is 0 Å². The van der Waals surface area contributed by atoms with E-state index in [9.17, 15) is 18.3 Å². The van der Waals surface area contributed by atoms with Crippen molar-refractivity contribution in [2.24, 2.45) is 0 Å². The predicted octanol–water partition coefficient (Wildman–Crippen LogP) is 4.59. The van der Waals surface area contributed by atoms with Gasteiger partial charge in [0, 0.05) is 6.54 Å². The highest BCUT2D eigenvalue weighted by atomic mass is 32.2. The first kappa shape index (κ1) is 29.5. The average Bonchev–Trinajstić information content (AvgIpc) is 2.88. The zero-order valence-corrected chi connectivity index (χ0v) is 24.3. The lowest BCUT2D eigenvalue weighted by molar-refractivity contribution is -0.137. The molecule has 0 aliphatic heterocycles. The Labute approximate surface area is 227 Å². The normalized spacial score (nSPS) is 13.3. The first-order valence-electron chi connectivity index (χ1n) is 12.6. The van der Waals surface area contributed by atoms with Crippen LogP contribution in [-0.4, -0.2) is 51.3 Å². The Bertz CT molecular complexity index is 1280. The van der Waals surface area contributed by atoms with Crippen molar-refractivity contribution in [1.29, 1.82) is 0 Å². The van der Waals surface area contributed by atoms with Crippen molar-refractivity contribution in [1.82, 2.24) is 4.31 Å². The maximum Gasteiger partial charge on any atom is 0.304 e. The highest BCUT2D eigenvalue weighted by Gasteiger charge is 2.50. The first-order chi connectivity index (χ1) is 17.9. The van der Waals surface area contributed by atoms with Gasteiger partial charge in [-0.05, 0) is 34.5 Å². The number of benzene rings is 3. The van der Waals surface area contributed by atoms with Gasteiger partial charge >= 0.3 is 5.97 Å². The highest BCUT2D eigenvalue weighted by Crippen LogP contribution is 2.37. The summed E-state index contributed by atoms with van der Waals surface area (Å²) in [4.78, 5) is 11.6. The highest BCUT2D eigenvalue weighted by molar-refractivity contribution is 7.89. The fourth-order valence-corrected chi connectivity index (χ4v) is 10.9. The van der Waals surface area contributed by atoms with Crippen LogP contribution >= 0.6 is 0 Å². The summed E-state index contributed by atoms with van der Waals surface area (Å²) in [6.07, 6.45) is 1.19. The summed E-state index contributed by atoms with van der Waals surface area (Å²) in [6.45, 7) is 12.1. The van der Waals surface area contributed by atoms with E-state index < -0.39 is 30.4 Å². The molecular formula is C30H37NO5SSi. The van der Waals surface area contributed by atoms with Gasteiger partial charge in [0.15, 0.2) is 0 Å². The van der Waals surface area contributed by atoms with Gasteiger partial charge in [-0.1, -0.05) is 105 Å². The van der Waals surface area contributed by atoms with E-state index in [1.807, 2.05) is 43.3 Å². The Kier molecular flexibility index (Phi) is 9.48. The standard InChI is InChI=1S/C30H37NO5SSi/c1-6-25(31(22-21-29(32)33)37(34,35)26-19-17-24(2)18-20-26)23-36-38(30(3,4)5,27-13-9-7-10-14-27)28-15-11-8-12-16-28/h6-20,25H,1,21-23H2,2-5H3,(H,32,33)/t25-/m1/s1. The Hall–Kier alpha value is -3.04. The third-order valence-electron chi connectivity index (χ3n) is 6.70. The fraction of sp³-hybridized carbons (Fsp3) is 0.300. The molecule has 202 valence electrons. The number of hydrogen-bond acceptors (Lipinski definition) is 4. The molecule has 8 heteroatoms. The number of hydrogen-bond donors (Lipinski definition) is 1. The lowest BCUT2D eigenvalue weighted by Gasteiger charge is -2.44.